The first-order valence-electron chi connectivity index (χ1n) is 11.4. The molecular formula is C25H22N6O5S2. The van der Waals surface area contributed by atoms with Crippen LogP contribution < -0.4 is 4.72 Å². The smallest absolute Gasteiger partial charge is 0.270 e. The number of hydrogen-bond donors (Lipinski definition) is 2. The van der Waals surface area contributed by atoms with Gasteiger partial charge in [-0.15, -0.1) is 21.6 Å². The largest absolute Gasteiger partial charge is 0.493 e. The number of fused-ring (bicyclic) bond motifs is 1. The van der Waals surface area contributed by atoms with E-state index in [9.17, 15) is 23.6 Å². The summed E-state index contributed by atoms with van der Waals surface area (Å²) in [6.45, 7) is 1.89. The van der Waals surface area contributed by atoms with Crippen molar-refractivity contribution >= 4 is 54.5 Å². The van der Waals surface area contributed by atoms with E-state index in [1.807, 2.05) is 13.0 Å². The zero-order valence-corrected chi connectivity index (χ0v) is 21.9. The van der Waals surface area contributed by atoms with Crippen molar-refractivity contribution in [3.8, 4) is 5.88 Å². The topological polar surface area (TPSA) is 152 Å². The van der Waals surface area contributed by atoms with Crippen LogP contribution in [0.15, 0.2) is 87.9 Å². The van der Waals surface area contributed by atoms with Crippen LogP contribution in [-0.4, -0.2) is 28.0 Å². The minimum atomic E-state index is -3.99. The Labute approximate surface area is 221 Å². The Morgan fingerprint density at radius 1 is 1.21 bits per heavy atom. The van der Waals surface area contributed by atoms with Crippen molar-refractivity contribution in [2.24, 2.45) is 17.3 Å². The second-order valence-corrected chi connectivity index (χ2v) is 11.5. The van der Waals surface area contributed by atoms with Crippen LogP contribution in [0.1, 0.15) is 19.0 Å². The van der Waals surface area contributed by atoms with Gasteiger partial charge in [-0.3, -0.25) is 14.8 Å². The van der Waals surface area contributed by atoms with E-state index in [0.717, 1.165) is 16.9 Å². The minimum Gasteiger partial charge on any atom is -0.493 e. The highest BCUT2D eigenvalue weighted by Crippen LogP contribution is 2.43. The van der Waals surface area contributed by atoms with Crippen LogP contribution in [-0.2, 0) is 21.8 Å². The molecule has 0 saturated heterocycles. The number of aromatic hydroxyl groups is 1. The van der Waals surface area contributed by atoms with E-state index in [0.29, 0.717) is 16.6 Å². The Balaban J connectivity index is 1.53. The number of nitrogens with one attached hydrogen (secondary N) is 1. The zero-order valence-electron chi connectivity index (χ0n) is 20.3. The van der Waals surface area contributed by atoms with Crippen molar-refractivity contribution < 1.29 is 18.4 Å². The lowest BCUT2D eigenvalue weighted by atomic mass is 9.94. The van der Waals surface area contributed by atoms with E-state index in [1.54, 1.807) is 54.9 Å². The fourth-order valence-corrected chi connectivity index (χ4v) is 6.56. The molecule has 0 fully saturated rings. The number of anilines is 1. The molecule has 2 aromatic carbocycles. The number of thiazole rings is 1. The summed E-state index contributed by atoms with van der Waals surface area (Å²) in [5.41, 5.74) is 2.08. The first kappa shape index (κ1) is 25.3. The maximum atomic E-state index is 13.7. The van der Waals surface area contributed by atoms with Gasteiger partial charge in [0.05, 0.1) is 16.1 Å². The highest BCUT2D eigenvalue weighted by atomic mass is 32.2. The fourth-order valence-electron chi connectivity index (χ4n) is 4.20. The van der Waals surface area contributed by atoms with Crippen molar-refractivity contribution in [3.05, 3.63) is 93.5 Å². The average molecular weight is 551 g/mol. The molecule has 0 spiro atoms. The van der Waals surface area contributed by atoms with Crippen molar-refractivity contribution in [2.75, 3.05) is 4.72 Å². The molecule has 1 aliphatic rings. The molecule has 0 saturated carbocycles. The number of para-hydroxylation sites is 1. The maximum absolute atomic E-state index is 13.7. The average Bonchev–Trinajstić information content (AvgIpc) is 3.46. The number of nitrogens with zero attached hydrogens (tertiary/aromatic N) is 5. The van der Waals surface area contributed by atoms with Crippen molar-refractivity contribution in [1.29, 1.82) is 0 Å². The molecule has 11 nitrogen and oxygen atoms in total. The minimum absolute atomic E-state index is 0.0483. The fraction of sp³-hybridized carbons (Fsp3) is 0.160. The lowest BCUT2D eigenvalue weighted by Gasteiger charge is -2.30. The number of aromatic nitrogens is 2. The number of nitro benzene ring substituents is 1. The van der Waals surface area contributed by atoms with Crippen molar-refractivity contribution in [2.45, 2.75) is 18.1 Å². The standard InChI is InChI=1S/C25H22N6O5S2/c1-16-10-12-25(13-11-16,38(35,36)29-17-6-4-3-5-7-17)21-15-37-24(26-21)28-27-22-19-14-18(31(33)34)8-9-20(19)30(2)23(22)32/h3-12,14-15,29,32H,13H2,1-2H3. The number of rotatable bonds is 7. The maximum Gasteiger partial charge on any atom is 0.270 e. The number of aryl methyl sites for hydroxylation is 1. The lowest BCUT2D eigenvalue weighted by Crippen LogP contribution is -2.39. The SMILES string of the molecule is CC1=CCC(c2csc(N=Nc3c(O)n(C)c4ccc([N+](=O)[O-])cc34)n2)(S(=O)(=O)Nc2ccccc2)C=C1. The Hall–Kier alpha value is -4.36. The van der Waals surface area contributed by atoms with Gasteiger partial charge in [-0.2, -0.15) is 0 Å². The highest BCUT2D eigenvalue weighted by molar-refractivity contribution is 7.93. The van der Waals surface area contributed by atoms with Crippen LogP contribution in [0.3, 0.4) is 0 Å². The first-order chi connectivity index (χ1) is 18.1. The molecule has 4 aromatic rings. The van der Waals surface area contributed by atoms with Crippen LogP contribution in [0.5, 0.6) is 5.88 Å². The van der Waals surface area contributed by atoms with Crippen LogP contribution in [0.2, 0.25) is 0 Å². The summed E-state index contributed by atoms with van der Waals surface area (Å²) in [5.74, 6) is -0.219. The number of sulfonamides is 1. The summed E-state index contributed by atoms with van der Waals surface area (Å²) >= 11 is 1.10. The van der Waals surface area contributed by atoms with Crippen LogP contribution in [0.25, 0.3) is 10.9 Å². The van der Waals surface area contributed by atoms with E-state index in [2.05, 4.69) is 19.9 Å². The summed E-state index contributed by atoms with van der Waals surface area (Å²) in [4.78, 5) is 15.2. The third-order valence-corrected chi connectivity index (χ3v) is 9.05. The molecule has 5 rings (SSSR count). The predicted octanol–water partition coefficient (Wildman–Crippen LogP) is 6.21. The summed E-state index contributed by atoms with van der Waals surface area (Å²) in [7, 11) is -2.39. The second kappa shape index (κ2) is 9.50. The van der Waals surface area contributed by atoms with Crippen LogP contribution in [0, 0.1) is 10.1 Å². The van der Waals surface area contributed by atoms with Crippen molar-refractivity contribution in [1.82, 2.24) is 9.55 Å². The quantitative estimate of drug-likeness (QED) is 0.159. The van der Waals surface area contributed by atoms with Crippen LogP contribution in [0.4, 0.5) is 22.2 Å². The molecule has 38 heavy (non-hydrogen) atoms. The first-order valence-corrected chi connectivity index (χ1v) is 13.7. The number of azo groups is 1. The second-order valence-electron chi connectivity index (χ2n) is 8.75. The van der Waals surface area contributed by atoms with Crippen LogP contribution >= 0.6 is 11.3 Å². The molecule has 2 N–H and O–H groups in total. The zero-order chi connectivity index (χ0) is 27.1. The Morgan fingerprint density at radius 3 is 2.66 bits per heavy atom. The molecule has 0 aliphatic heterocycles. The third kappa shape index (κ3) is 4.35. The summed E-state index contributed by atoms with van der Waals surface area (Å²) < 4.78 is 30.0. The number of hydrogen-bond acceptors (Lipinski definition) is 9. The monoisotopic (exact) mass is 550 g/mol. The normalized spacial score (nSPS) is 17.7. The molecule has 0 bridgehead atoms. The molecule has 2 aromatic heterocycles. The molecule has 2 heterocycles. The van der Waals surface area contributed by atoms with Gasteiger partial charge in [-0.05, 0) is 31.5 Å². The molecule has 0 amide bonds. The lowest BCUT2D eigenvalue weighted by molar-refractivity contribution is -0.384. The summed E-state index contributed by atoms with van der Waals surface area (Å²) in [6.07, 6.45) is 5.38. The molecule has 13 heteroatoms. The Bertz CT molecular complexity index is 1760. The van der Waals surface area contributed by atoms with E-state index in [4.69, 9.17) is 0 Å². The Morgan fingerprint density at radius 2 is 1.97 bits per heavy atom. The molecule has 0 radical (unpaired) electrons. The van der Waals surface area contributed by atoms with Gasteiger partial charge in [0.15, 0.2) is 10.4 Å². The summed E-state index contributed by atoms with van der Waals surface area (Å²) in [5, 5.41) is 32.2. The summed E-state index contributed by atoms with van der Waals surface area (Å²) in [6, 6.07) is 12.8. The highest BCUT2D eigenvalue weighted by Gasteiger charge is 2.46. The number of non-ortho nitro benzene ring substituents is 1. The predicted molar refractivity (Wildman–Crippen MR) is 146 cm³/mol. The van der Waals surface area contributed by atoms with Gasteiger partial charge in [0.2, 0.25) is 21.0 Å². The van der Waals surface area contributed by atoms with Gasteiger partial charge < -0.3 is 9.67 Å². The van der Waals surface area contributed by atoms with Gasteiger partial charge >= 0.3 is 0 Å². The van der Waals surface area contributed by atoms with E-state index < -0.39 is 19.7 Å². The van der Waals surface area contributed by atoms with Gasteiger partial charge in [0.1, 0.15) is 0 Å². The molecule has 1 unspecified atom stereocenters. The Kier molecular flexibility index (Phi) is 6.33. The van der Waals surface area contributed by atoms with Gasteiger partial charge in [0, 0.05) is 35.6 Å². The van der Waals surface area contributed by atoms with Crippen molar-refractivity contribution in [3.63, 3.8) is 0 Å². The van der Waals surface area contributed by atoms with Gasteiger partial charge in [-0.1, -0.05) is 42.0 Å². The molecule has 1 atom stereocenters. The van der Waals surface area contributed by atoms with E-state index >= 15 is 0 Å². The number of nitro groups is 1. The number of allylic oxidation sites excluding steroid dienone is 3. The molecule has 194 valence electrons. The van der Waals surface area contributed by atoms with E-state index in [-0.39, 0.29) is 34.5 Å². The molecule has 1 aliphatic carbocycles. The third-order valence-electron chi connectivity index (χ3n) is 6.35. The van der Waals surface area contributed by atoms with Gasteiger partial charge in [0.25, 0.3) is 5.69 Å². The molecular weight excluding hydrogens is 528 g/mol. The van der Waals surface area contributed by atoms with Gasteiger partial charge in [-0.25, -0.2) is 13.4 Å². The van der Waals surface area contributed by atoms with E-state index in [1.165, 1.54) is 22.8 Å². The number of benzene rings is 2.